The first-order valence-corrected chi connectivity index (χ1v) is 8.42. The Bertz CT molecular complexity index is 581. The van der Waals surface area contributed by atoms with Crippen molar-refractivity contribution in [2.45, 2.75) is 25.0 Å². The number of nitrogens with one attached hydrogen (secondary N) is 1. The lowest BCUT2D eigenvalue weighted by Crippen LogP contribution is -2.68. The molecule has 0 spiro atoms. The molecule has 2 rings (SSSR count). The van der Waals surface area contributed by atoms with Crippen molar-refractivity contribution in [1.29, 1.82) is 0 Å². The Labute approximate surface area is 162 Å². The molecule has 28 heavy (non-hydrogen) atoms. The number of aliphatic hydroxyl groups excluding tert-OH is 4. The zero-order valence-corrected chi connectivity index (χ0v) is 16.5. The molecule has 1 unspecified atom stereocenters. The summed E-state index contributed by atoms with van der Waals surface area (Å²) < 4.78 is 5.05. The van der Waals surface area contributed by atoms with Crippen LogP contribution in [0.2, 0.25) is 0 Å². The third-order valence-corrected chi connectivity index (χ3v) is 4.45. The highest BCUT2D eigenvalue weighted by molar-refractivity contribution is 6.08. The summed E-state index contributed by atoms with van der Waals surface area (Å²) in [4.78, 5) is 38.6. The van der Waals surface area contributed by atoms with Gasteiger partial charge in [-0.3, -0.25) is 24.8 Å². The minimum Gasteiger partial charge on any atom is -0.391 e. The van der Waals surface area contributed by atoms with E-state index in [0.717, 1.165) is 18.6 Å². The summed E-state index contributed by atoms with van der Waals surface area (Å²) in [6, 6.07) is -1.95. The van der Waals surface area contributed by atoms with Crippen molar-refractivity contribution in [2.24, 2.45) is 0 Å². The van der Waals surface area contributed by atoms with E-state index in [0.29, 0.717) is 21.4 Å². The van der Waals surface area contributed by atoms with E-state index in [1.54, 1.807) is 0 Å². The number of urea groups is 2. The molecule has 2 heterocycles. The highest BCUT2D eigenvalue weighted by atomic mass is 16.5. The lowest BCUT2D eigenvalue weighted by molar-refractivity contribution is -0.152. The minimum atomic E-state index is -2.27. The van der Waals surface area contributed by atoms with Gasteiger partial charge >= 0.3 is 12.1 Å². The molecule has 0 aliphatic carbocycles. The fraction of sp³-hybridized carbons (Fsp3) is 0.800. The molecular weight excluding hydrogens is 378 g/mol. The fourth-order valence-electron chi connectivity index (χ4n) is 2.69. The second-order valence-electron chi connectivity index (χ2n) is 6.94. The lowest BCUT2D eigenvalue weighted by atomic mass is 10.1. The molecular formula is C15H29N5O8. The number of nitrogens with zero attached hydrogens (tertiary/aromatic N) is 4. The number of carbonyl (C=O) groups excluding carboxylic acids is 3. The number of aliphatic hydroxyl groups is 4. The van der Waals surface area contributed by atoms with Crippen LogP contribution >= 0.6 is 0 Å². The van der Waals surface area contributed by atoms with Crippen LogP contribution in [0, 0.1) is 0 Å². The van der Waals surface area contributed by atoms with Gasteiger partial charge in [0.2, 0.25) is 5.66 Å². The van der Waals surface area contributed by atoms with Gasteiger partial charge < -0.3 is 30.1 Å². The summed E-state index contributed by atoms with van der Waals surface area (Å²) in [7, 11) is 2.30. The first-order valence-electron chi connectivity index (χ1n) is 8.42. The van der Waals surface area contributed by atoms with Crippen LogP contribution < -0.4 is 5.32 Å². The van der Waals surface area contributed by atoms with E-state index in [2.05, 4.69) is 19.2 Å². The Balaban J connectivity index is 0.000000467. The number of amides is 5. The summed E-state index contributed by atoms with van der Waals surface area (Å²) in [5, 5.41) is 40.4. The number of hydrogen-bond donors (Lipinski definition) is 5. The average molecular weight is 407 g/mol. The zero-order valence-electron chi connectivity index (χ0n) is 16.5. The molecule has 0 radical (unpaired) electrons. The second-order valence-corrected chi connectivity index (χ2v) is 6.94. The Morgan fingerprint density at radius 2 is 1.82 bits per heavy atom. The van der Waals surface area contributed by atoms with Gasteiger partial charge in [0.05, 0.1) is 19.9 Å². The van der Waals surface area contributed by atoms with Crippen molar-refractivity contribution >= 4 is 18.0 Å². The highest BCUT2D eigenvalue weighted by Crippen LogP contribution is 2.30. The van der Waals surface area contributed by atoms with Crippen LogP contribution in [-0.2, 0) is 9.53 Å². The van der Waals surface area contributed by atoms with E-state index in [1.165, 1.54) is 7.05 Å². The molecule has 0 aromatic rings. The molecule has 5 N–H and O–H groups in total. The topological polar surface area (TPSA) is 166 Å². The van der Waals surface area contributed by atoms with Crippen molar-refractivity contribution in [3.8, 4) is 0 Å². The van der Waals surface area contributed by atoms with Gasteiger partial charge in [-0.1, -0.05) is 0 Å². The first-order chi connectivity index (χ1) is 13.0. The predicted octanol–water partition coefficient (Wildman–Crippen LogP) is -2.89. The molecule has 162 valence electrons. The van der Waals surface area contributed by atoms with Crippen LogP contribution in [0.3, 0.4) is 0 Å². The molecule has 1 atom stereocenters. The van der Waals surface area contributed by atoms with Gasteiger partial charge in [0.1, 0.15) is 20.2 Å². The molecule has 13 nitrogen and oxygen atoms in total. The first kappa shape index (κ1) is 24.0. The largest absolute Gasteiger partial charge is 0.391 e. The van der Waals surface area contributed by atoms with E-state index in [-0.39, 0.29) is 5.54 Å². The molecule has 0 saturated carbocycles. The van der Waals surface area contributed by atoms with Gasteiger partial charge in [-0.05, 0) is 13.8 Å². The van der Waals surface area contributed by atoms with Crippen LogP contribution in [0.1, 0.15) is 13.8 Å². The van der Waals surface area contributed by atoms with Crippen LogP contribution in [0.25, 0.3) is 0 Å². The summed E-state index contributed by atoms with van der Waals surface area (Å²) in [6.07, 6.45) is 0. The van der Waals surface area contributed by atoms with Crippen LogP contribution in [0.5, 0.6) is 0 Å². The maximum atomic E-state index is 12.3. The maximum absolute atomic E-state index is 12.3. The SMILES string of the molecule is CC1(C)COCN1.CN(CO)C(=O)N(CO)C1(CO)C(=O)N(C)C(=O)N1CO. The normalized spacial score (nSPS) is 23.6. The molecule has 2 saturated heterocycles. The third kappa shape index (κ3) is 4.34. The van der Waals surface area contributed by atoms with Gasteiger partial charge in [-0.15, -0.1) is 0 Å². The molecule has 0 aromatic heterocycles. The summed E-state index contributed by atoms with van der Waals surface area (Å²) in [5.41, 5.74) is -2.05. The highest BCUT2D eigenvalue weighted by Gasteiger charge is 2.61. The zero-order chi connectivity index (χ0) is 21.7. The van der Waals surface area contributed by atoms with Crippen molar-refractivity contribution in [2.75, 3.05) is 54.2 Å². The van der Waals surface area contributed by atoms with Crippen LogP contribution in [0.4, 0.5) is 9.59 Å². The van der Waals surface area contributed by atoms with Crippen molar-refractivity contribution in [1.82, 2.24) is 24.9 Å². The predicted molar refractivity (Wildman–Crippen MR) is 94.1 cm³/mol. The maximum Gasteiger partial charge on any atom is 0.330 e. The number of hydrogen-bond acceptors (Lipinski definition) is 9. The number of likely N-dealkylation sites (N-methyl/N-ethyl adjacent to an activating group) is 1. The van der Waals surface area contributed by atoms with Crippen molar-refractivity contribution in [3.05, 3.63) is 0 Å². The summed E-state index contributed by atoms with van der Waals surface area (Å²) in [6.45, 7) is 2.08. The summed E-state index contributed by atoms with van der Waals surface area (Å²) in [5.74, 6) is -0.988. The van der Waals surface area contributed by atoms with Gasteiger partial charge in [0.25, 0.3) is 5.91 Å². The monoisotopic (exact) mass is 407 g/mol. The third-order valence-electron chi connectivity index (χ3n) is 4.45. The van der Waals surface area contributed by atoms with E-state index in [4.69, 9.17) is 9.84 Å². The Morgan fingerprint density at radius 1 is 1.21 bits per heavy atom. The number of imide groups is 1. The minimum absolute atomic E-state index is 0.222. The molecule has 13 heteroatoms. The van der Waals surface area contributed by atoms with Gasteiger partial charge in [-0.2, -0.15) is 0 Å². The van der Waals surface area contributed by atoms with Gasteiger partial charge in [0.15, 0.2) is 0 Å². The van der Waals surface area contributed by atoms with E-state index in [9.17, 15) is 29.7 Å². The number of carbonyl (C=O) groups is 3. The van der Waals surface area contributed by atoms with E-state index >= 15 is 0 Å². The Kier molecular flexibility index (Phi) is 8.10. The lowest BCUT2D eigenvalue weighted by Gasteiger charge is -2.41. The summed E-state index contributed by atoms with van der Waals surface area (Å²) >= 11 is 0. The van der Waals surface area contributed by atoms with Gasteiger partial charge in [0, 0.05) is 19.6 Å². The standard InChI is InChI=1S/C10H18N4O7.C5H11NO/c1-11(4-16)8(20)13(5-17)10(3-15)7(19)12(2)9(21)14(10)6-18;1-5(2)3-7-4-6-5/h15-18H,3-6H2,1-2H3;6H,3-4H2,1-2H3. The molecule has 2 aliphatic rings. The molecule has 0 bridgehead atoms. The number of rotatable bonds is 5. The number of ether oxygens (including phenoxy) is 1. The fourth-order valence-corrected chi connectivity index (χ4v) is 2.69. The van der Waals surface area contributed by atoms with Crippen molar-refractivity contribution < 1.29 is 39.5 Å². The van der Waals surface area contributed by atoms with E-state index in [1.807, 2.05) is 0 Å². The molecule has 2 fully saturated rings. The van der Waals surface area contributed by atoms with Crippen molar-refractivity contribution in [3.63, 3.8) is 0 Å². The Morgan fingerprint density at radius 3 is 2.14 bits per heavy atom. The van der Waals surface area contributed by atoms with Crippen LogP contribution in [0.15, 0.2) is 0 Å². The Hall–Kier alpha value is -2.03. The van der Waals surface area contributed by atoms with Gasteiger partial charge in [-0.25, -0.2) is 9.59 Å². The molecule has 5 amide bonds. The smallest absolute Gasteiger partial charge is 0.330 e. The molecule has 0 aromatic carbocycles. The molecule has 2 aliphatic heterocycles. The van der Waals surface area contributed by atoms with Crippen LogP contribution in [-0.4, -0.2) is 123 Å². The quantitative estimate of drug-likeness (QED) is 0.237. The second kappa shape index (κ2) is 9.45. The van der Waals surface area contributed by atoms with E-state index < -0.39 is 50.4 Å². The average Bonchev–Trinajstić information content (AvgIpc) is 3.16.